The molecule has 0 radical (unpaired) electrons. The fourth-order valence-corrected chi connectivity index (χ4v) is 1.51. The van der Waals surface area contributed by atoms with Gasteiger partial charge in [0.25, 0.3) is 6.43 Å². The van der Waals surface area contributed by atoms with Crippen molar-refractivity contribution in [1.82, 2.24) is 4.90 Å². The highest BCUT2D eigenvalue weighted by Gasteiger charge is 2.16. The zero-order chi connectivity index (χ0) is 8.97. The van der Waals surface area contributed by atoms with Gasteiger partial charge >= 0.3 is 0 Å². The smallest absolute Gasteiger partial charge is 0.251 e. The van der Waals surface area contributed by atoms with Crippen molar-refractivity contribution in [3.05, 3.63) is 12.2 Å². The Balaban J connectivity index is 2.34. The summed E-state index contributed by atoms with van der Waals surface area (Å²) in [6.45, 7) is -0.116. The highest BCUT2D eigenvalue weighted by Crippen LogP contribution is 2.15. The van der Waals surface area contributed by atoms with Crippen molar-refractivity contribution in [2.45, 2.75) is 31.7 Å². The van der Waals surface area contributed by atoms with Crippen molar-refractivity contribution in [3.8, 4) is 0 Å². The van der Waals surface area contributed by atoms with Gasteiger partial charge < -0.3 is 0 Å². The fraction of sp³-hybridized carbons (Fsp3) is 0.778. The molecule has 0 amide bonds. The number of hydrogen-bond donors (Lipinski definition) is 0. The first-order valence-corrected chi connectivity index (χ1v) is 4.35. The van der Waals surface area contributed by atoms with Crippen LogP contribution >= 0.6 is 0 Å². The third kappa shape index (κ3) is 2.89. The van der Waals surface area contributed by atoms with Crippen LogP contribution in [0.25, 0.3) is 0 Å². The molecule has 1 nitrogen and oxygen atoms in total. The highest BCUT2D eigenvalue weighted by molar-refractivity contribution is 4.97. The van der Waals surface area contributed by atoms with Crippen LogP contribution in [0.3, 0.4) is 0 Å². The molecule has 1 aliphatic carbocycles. The topological polar surface area (TPSA) is 3.24 Å². The molecule has 0 heterocycles. The zero-order valence-corrected chi connectivity index (χ0v) is 7.34. The highest BCUT2D eigenvalue weighted by atomic mass is 19.3. The third-order valence-electron chi connectivity index (χ3n) is 2.22. The van der Waals surface area contributed by atoms with Gasteiger partial charge in [-0.1, -0.05) is 12.2 Å². The second-order valence-electron chi connectivity index (χ2n) is 3.26. The normalized spacial score (nSPS) is 23.9. The van der Waals surface area contributed by atoms with E-state index < -0.39 is 6.43 Å². The molecular weight excluding hydrogens is 160 g/mol. The van der Waals surface area contributed by atoms with Gasteiger partial charge in [-0.25, -0.2) is 8.78 Å². The van der Waals surface area contributed by atoms with Gasteiger partial charge in [0.1, 0.15) is 0 Å². The largest absolute Gasteiger partial charge is 0.294 e. The van der Waals surface area contributed by atoms with E-state index in [0.29, 0.717) is 0 Å². The summed E-state index contributed by atoms with van der Waals surface area (Å²) in [4.78, 5) is 1.72. The summed E-state index contributed by atoms with van der Waals surface area (Å²) in [6.07, 6.45) is 5.13. The Bertz CT molecular complexity index is 157. The molecule has 0 aromatic carbocycles. The lowest BCUT2D eigenvalue weighted by Gasteiger charge is -2.27. The summed E-state index contributed by atoms with van der Waals surface area (Å²) in [7, 11) is 1.76. The van der Waals surface area contributed by atoms with Crippen LogP contribution in [0.4, 0.5) is 8.78 Å². The maximum absolute atomic E-state index is 12.0. The van der Waals surface area contributed by atoms with Crippen molar-refractivity contribution >= 4 is 0 Å². The Kier molecular flexibility index (Phi) is 3.66. The maximum atomic E-state index is 12.0. The van der Waals surface area contributed by atoms with E-state index in [9.17, 15) is 8.78 Å². The molecule has 1 rings (SSSR count). The van der Waals surface area contributed by atoms with E-state index in [1.54, 1.807) is 11.9 Å². The number of alkyl halides is 2. The number of halogens is 2. The molecule has 0 bridgehead atoms. The molecule has 1 aliphatic rings. The van der Waals surface area contributed by atoms with Crippen LogP contribution in [-0.2, 0) is 0 Å². The zero-order valence-electron chi connectivity index (χ0n) is 7.34. The molecule has 0 spiro atoms. The molecule has 0 N–H and O–H groups in total. The average molecular weight is 175 g/mol. The van der Waals surface area contributed by atoms with E-state index in [2.05, 4.69) is 6.08 Å². The maximum Gasteiger partial charge on any atom is 0.251 e. The first-order valence-electron chi connectivity index (χ1n) is 4.35. The molecule has 1 unspecified atom stereocenters. The van der Waals surface area contributed by atoms with Crippen LogP contribution in [-0.4, -0.2) is 31.0 Å². The molecule has 70 valence electrons. The number of rotatable bonds is 3. The van der Waals surface area contributed by atoms with Gasteiger partial charge in [0.05, 0.1) is 6.54 Å². The van der Waals surface area contributed by atoms with Crippen LogP contribution in [0.2, 0.25) is 0 Å². The quantitative estimate of drug-likeness (QED) is 0.595. The Labute approximate surface area is 72.1 Å². The van der Waals surface area contributed by atoms with Gasteiger partial charge in [-0.05, 0) is 26.3 Å². The Morgan fingerprint density at radius 2 is 2.33 bits per heavy atom. The third-order valence-corrected chi connectivity index (χ3v) is 2.22. The lowest BCUT2D eigenvalue weighted by Crippen LogP contribution is -2.34. The van der Waals surface area contributed by atoms with Gasteiger partial charge in [-0.3, -0.25) is 4.90 Å². The van der Waals surface area contributed by atoms with Crippen molar-refractivity contribution < 1.29 is 8.78 Å². The van der Waals surface area contributed by atoms with Crippen molar-refractivity contribution in [2.75, 3.05) is 13.6 Å². The van der Waals surface area contributed by atoms with E-state index in [1.807, 2.05) is 6.08 Å². The number of allylic oxidation sites excluding steroid dienone is 1. The molecule has 0 aromatic heterocycles. The molecule has 1 atom stereocenters. The molecule has 12 heavy (non-hydrogen) atoms. The molecule has 3 heteroatoms. The van der Waals surface area contributed by atoms with E-state index in [0.717, 1.165) is 19.3 Å². The van der Waals surface area contributed by atoms with E-state index >= 15 is 0 Å². The minimum atomic E-state index is -2.22. The SMILES string of the molecule is CN(CC(F)F)C1C=CCCC1. The molecule has 0 aliphatic heterocycles. The van der Waals surface area contributed by atoms with E-state index in [-0.39, 0.29) is 12.6 Å². The van der Waals surface area contributed by atoms with Crippen LogP contribution in [0.15, 0.2) is 12.2 Å². The van der Waals surface area contributed by atoms with Crippen LogP contribution < -0.4 is 0 Å². The summed E-state index contributed by atoms with van der Waals surface area (Å²) in [5, 5.41) is 0. The molecular formula is C9H15F2N. The van der Waals surface area contributed by atoms with Crippen molar-refractivity contribution in [1.29, 1.82) is 0 Å². The fourth-order valence-electron chi connectivity index (χ4n) is 1.51. The second kappa shape index (κ2) is 4.55. The van der Waals surface area contributed by atoms with Gasteiger partial charge in [0.15, 0.2) is 0 Å². The first kappa shape index (κ1) is 9.65. The molecule has 0 aromatic rings. The molecule has 0 saturated heterocycles. The summed E-state index contributed by atoms with van der Waals surface area (Å²) in [5.41, 5.74) is 0. The van der Waals surface area contributed by atoms with Gasteiger partial charge in [0.2, 0.25) is 0 Å². The number of hydrogen-bond acceptors (Lipinski definition) is 1. The lowest BCUT2D eigenvalue weighted by molar-refractivity contribution is 0.0868. The van der Waals surface area contributed by atoms with Gasteiger partial charge in [-0.2, -0.15) is 0 Å². The van der Waals surface area contributed by atoms with Gasteiger partial charge in [0, 0.05) is 6.04 Å². The average Bonchev–Trinajstić information content (AvgIpc) is 2.05. The van der Waals surface area contributed by atoms with Crippen molar-refractivity contribution in [3.63, 3.8) is 0 Å². The standard InChI is InChI=1S/C9H15F2N/c1-12(7-9(10)11)8-5-3-2-4-6-8/h3,5,8-9H,2,4,6-7H2,1H3. The first-order chi connectivity index (χ1) is 5.70. The number of nitrogens with zero attached hydrogens (tertiary/aromatic N) is 1. The number of likely N-dealkylation sites (N-methyl/N-ethyl adjacent to an activating group) is 1. The van der Waals surface area contributed by atoms with Crippen LogP contribution in [0.5, 0.6) is 0 Å². The van der Waals surface area contributed by atoms with Gasteiger partial charge in [-0.15, -0.1) is 0 Å². The van der Waals surface area contributed by atoms with E-state index in [4.69, 9.17) is 0 Å². The molecule has 0 fully saturated rings. The minimum Gasteiger partial charge on any atom is -0.294 e. The van der Waals surface area contributed by atoms with Crippen LogP contribution in [0, 0.1) is 0 Å². The minimum absolute atomic E-state index is 0.116. The lowest BCUT2D eigenvalue weighted by atomic mass is 10.0. The van der Waals surface area contributed by atoms with Crippen LogP contribution in [0.1, 0.15) is 19.3 Å². The summed E-state index contributed by atoms with van der Waals surface area (Å²) in [6, 6.07) is 0.229. The molecule has 0 saturated carbocycles. The summed E-state index contributed by atoms with van der Waals surface area (Å²) < 4.78 is 23.9. The Morgan fingerprint density at radius 1 is 1.58 bits per heavy atom. The summed E-state index contributed by atoms with van der Waals surface area (Å²) >= 11 is 0. The van der Waals surface area contributed by atoms with E-state index in [1.165, 1.54) is 0 Å². The Hall–Kier alpha value is -0.440. The second-order valence-corrected chi connectivity index (χ2v) is 3.26. The predicted octanol–water partition coefficient (Wildman–Crippen LogP) is 2.29. The Morgan fingerprint density at radius 3 is 2.83 bits per heavy atom. The predicted molar refractivity (Wildman–Crippen MR) is 45.4 cm³/mol. The summed E-state index contributed by atoms with van der Waals surface area (Å²) in [5.74, 6) is 0. The van der Waals surface area contributed by atoms with Crippen molar-refractivity contribution in [2.24, 2.45) is 0 Å². The monoisotopic (exact) mass is 175 g/mol.